The Bertz CT molecular complexity index is 202. The standard InChI is InChI=1S/C7H7.C7H16.Li/c1-7-5-3-2-4-6-7;1-3-5-7-6-4-2;/h2-6H,1H2;3-7H2,1-2H3;. The molecule has 0 aromatic heterocycles. The van der Waals surface area contributed by atoms with Crippen LogP contribution in [0.3, 0.4) is 0 Å². The maximum absolute atomic E-state index is 2.25. The van der Waals surface area contributed by atoms with Crippen LogP contribution in [0, 0.1) is 0 Å². The van der Waals surface area contributed by atoms with E-state index < -0.39 is 0 Å². The first-order chi connectivity index (χ1) is 7.35. The van der Waals surface area contributed by atoms with Crippen LogP contribution < -0.4 is 0 Å². The molecule has 0 saturated heterocycles. The first kappa shape index (κ1) is 14.8. The van der Waals surface area contributed by atoms with Crippen molar-refractivity contribution in [3.8, 4) is 0 Å². The van der Waals surface area contributed by atoms with Gasteiger partial charge in [-0.05, 0) is 0 Å². The first-order valence-corrected chi connectivity index (χ1v) is 6.39. The van der Waals surface area contributed by atoms with E-state index in [1.165, 1.54) is 37.7 Å². The Morgan fingerprint density at radius 1 is 0.867 bits per heavy atom. The molecule has 1 rings (SSSR count). The van der Waals surface area contributed by atoms with Crippen molar-refractivity contribution in [1.29, 1.82) is 0 Å². The zero-order valence-corrected chi connectivity index (χ0v) is 10.6. The number of hydrogen-bond acceptors (Lipinski definition) is 0. The summed E-state index contributed by atoms with van der Waals surface area (Å²) < 4.78 is 0. The van der Waals surface area contributed by atoms with Gasteiger partial charge in [-0.3, -0.25) is 0 Å². The van der Waals surface area contributed by atoms with Crippen LogP contribution in [0.5, 0.6) is 0 Å². The zero-order valence-electron chi connectivity index (χ0n) is 10.6. The van der Waals surface area contributed by atoms with Crippen LogP contribution in [0.4, 0.5) is 0 Å². The fourth-order valence-corrected chi connectivity index (χ4v) is 1.39. The third-order valence-electron chi connectivity index (χ3n) is 2.46. The van der Waals surface area contributed by atoms with Gasteiger partial charge in [-0.2, -0.15) is 0 Å². The quantitative estimate of drug-likeness (QED) is 0.488. The van der Waals surface area contributed by atoms with Gasteiger partial charge in [0.05, 0.1) is 0 Å². The summed E-state index contributed by atoms with van der Waals surface area (Å²) >= 11 is 2.16. The Morgan fingerprint density at radius 3 is 1.73 bits per heavy atom. The summed E-state index contributed by atoms with van der Waals surface area (Å²) in [4.78, 5) is 0. The third-order valence-corrected chi connectivity index (χ3v) is 2.46. The van der Waals surface area contributed by atoms with Crippen molar-refractivity contribution in [2.45, 2.75) is 51.0 Å². The van der Waals surface area contributed by atoms with Gasteiger partial charge in [-0.1, -0.05) is 46.0 Å². The van der Waals surface area contributed by atoms with Gasteiger partial charge in [-0.25, -0.2) is 0 Å². The second-order valence-corrected chi connectivity index (χ2v) is 3.90. The maximum atomic E-state index is 2.25. The molecule has 0 amide bonds. The van der Waals surface area contributed by atoms with Crippen molar-refractivity contribution < 1.29 is 0 Å². The molecule has 0 spiro atoms. The summed E-state index contributed by atoms with van der Waals surface area (Å²) in [5.74, 6) is 0. The summed E-state index contributed by atoms with van der Waals surface area (Å²) in [6, 6.07) is 10.5. The molecule has 0 aliphatic heterocycles. The Kier molecular flexibility index (Phi) is 11.7. The average molecular weight is 198 g/mol. The molecule has 0 atom stereocenters. The minimum atomic E-state index is 1.14. The Labute approximate surface area is 105 Å². The van der Waals surface area contributed by atoms with Gasteiger partial charge < -0.3 is 0 Å². The zero-order chi connectivity index (χ0) is 11.4. The van der Waals surface area contributed by atoms with E-state index in [1.807, 2.05) is 6.07 Å². The van der Waals surface area contributed by atoms with Crippen molar-refractivity contribution in [2.24, 2.45) is 0 Å². The molecule has 0 radical (unpaired) electrons. The van der Waals surface area contributed by atoms with Gasteiger partial charge in [0.1, 0.15) is 0 Å². The van der Waals surface area contributed by atoms with E-state index in [4.69, 9.17) is 0 Å². The van der Waals surface area contributed by atoms with E-state index in [0.717, 1.165) is 5.09 Å². The normalized spacial score (nSPS) is 9.33. The predicted molar refractivity (Wildman–Crippen MR) is 70.3 cm³/mol. The van der Waals surface area contributed by atoms with Crippen molar-refractivity contribution in [3.05, 3.63) is 35.9 Å². The minimum absolute atomic E-state index is 1.14. The number of benzene rings is 1. The molecule has 1 aromatic carbocycles. The number of hydrogen-bond donors (Lipinski definition) is 0. The summed E-state index contributed by atoms with van der Waals surface area (Å²) in [6.07, 6.45) is 7.01. The molecule has 0 fully saturated rings. The predicted octanol–water partition coefficient (Wildman–Crippen LogP) is 4.33. The van der Waals surface area contributed by atoms with Gasteiger partial charge >= 0.3 is 58.7 Å². The molecule has 15 heavy (non-hydrogen) atoms. The number of unbranched alkanes of at least 4 members (excludes halogenated alkanes) is 4. The van der Waals surface area contributed by atoms with Crippen LogP contribution in [0.15, 0.2) is 30.3 Å². The number of rotatable bonds is 5. The van der Waals surface area contributed by atoms with Crippen molar-refractivity contribution in [2.75, 3.05) is 0 Å². The van der Waals surface area contributed by atoms with Crippen LogP contribution in [0.1, 0.15) is 51.5 Å². The van der Waals surface area contributed by atoms with Crippen LogP contribution in [0.25, 0.3) is 0 Å². The summed E-state index contributed by atoms with van der Waals surface area (Å²) in [7, 11) is 0. The Hall–Kier alpha value is -0.183. The van der Waals surface area contributed by atoms with Gasteiger partial charge in [0.25, 0.3) is 0 Å². The first-order valence-electron chi connectivity index (χ1n) is 6.39. The average Bonchev–Trinajstić information content (AvgIpc) is 2.32. The van der Waals surface area contributed by atoms with Gasteiger partial charge in [-0.15, -0.1) is 0 Å². The molecule has 0 nitrogen and oxygen atoms in total. The van der Waals surface area contributed by atoms with E-state index in [0.29, 0.717) is 0 Å². The monoisotopic (exact) mass is 198 g/mol. The molecule has 0 aliphatic rings. The van der Waals surface area contributed by atoms with E-state index in [1.54, 1.807) is 0 Å². The molecular weight excluding hydrogens is 175 g/mol. The fourth-order valence-electron chi connectivity index (χ4n) is 1.39. The molecule has 0 saturated carbocycles. The molecular formula is C14H23Li. The van der Waals surface area contributed by atoms with Gasteiger partial charge in [0.2, 0.25) is 0 Å². The topological polar surface area (TPSA) is 0 Å². The molecule has 0 unspecified atom stereocenters. The second kappa shape index (κ2) is 11.9. The van der Waals surface area contributed by atoms with Crippen LogP contribution in [-0.4, -0.2) is 17.7 Å². The van der Waals surface area contributed by atoms with Crippen LogP contribution >= 0.6 is 0 Å². The van der Waals surface area contributed by atoms with Crippen LogP contribution in [0.2, 0.25) is 0 Å². The summed E-state index contributed by atoms with van der Waals surface area (Å²) in [6.45, 7) is 4.49. The van der Waals surface area contributed by atoms with Crippen molar-refractivity contribution in [1.82, 2.24) is 0 Å². The molecule has 0 N–H and O–H groups in total. The summed E-state index contributed by atoms with van der Waals surface area (Å²) in [5.41, 5.74) is 1.41. The molecule has 1 aromatic rings. The molecule has 0 heterocycles. The SMILES string of the molecule is CCCCCCC.[Li][CH2]c1ccccc1. The molecule has 80 valence electrons. The van der Waals surface area contributed by atoms with E-state index in [9.17, 15) is 0 Å². The fraction of sp³-hybridized carbons (Fsp3) is 0.571. The van der Waals surface area contributed by atoms with E-state index >= 15 is 0 Å². The molecule has 0 aliphatic carbocycles. The van der Waals surface area contributed by atoms with Gasteiger partial charge in [0.15, 0.2) is 0 Å². The second-order valence-electron chi connectivity index (χ2n) is 3.90. The van der Waals surface area contributed by atoms with Crippen molar-refractivity contribution in [3.63, 3.8) is 0 Å². The van der Waals surface area contributed by atoms with E-state index in [2.05, 4.69) is 55.8 Å². The third kappa shape index (κ3) is 10.1. The van der Waals surface area contributed by atoms with E-state index in [-0.39, 0.29) is 0 Å². The summed E-state index contributed by atoms with van der Waals surface area (Å²) in [5, 5.41) is 1.14. The van der Waals surface area contributed by atoms with Gasteiger partial charge in [0, 0.05) is 0 Å². The Balaban J connectivity index is 0.000000265. The molecule has 0 bridgehead atoms. The van der Waals surface area contributed by atoms with Crippen molar-refractivity contribution >= 4 is 17.7 Å². The molecule has 1 heteroatoms. The Morgan fingerprint density at radius 2 is 1.40 bits per heavy atom. The van der Waals surface area contributed by atoms with Crippen LogP contribution in [-0.2, 0) is 5.09 Å².